The van der Waals surface area contributed by atoms with E-state index in [1.165, 1.54) is 11.1 Å². The normalized spacial score (nSPS) is 11.2. The van der Waals surface area contributed by atoms with E-state index in [1.54, 1.807) is 7.05 Å². The summed E-state index contributed by atoms with van der Waals surface area (Å²) >= 11 is 0. The number of carbonyl (C=O) groups is 2. The number of hydrogen-bond acceptors (Lipinski definition) is 2. The average Bonchev–Trinajstić information content (AvgIpc) is 2.84. The van der Waals surface area contributed by atoms with Crippen LogP contribution in [0.15, 0.2) is 78.9 Å². The van der Waals surface area contributed by atoms with Crippen molar-refractivity contribution in [2.24, 2.45) is 0 Å². The molecule has 3 rings (SSSR count). The quantitative estimate of drug-likeness (QED) is 0.438. The molecule has 0 saturated heterocycles. The molecule has 170 valence electrons. The van der Waals surface area contributed by atoms with Gasteiger partial charge in [-0.15, -0.1) is 0 Å². The van der Waals surface area contributed by atoms with Gasteiger partial charge in [0.05, 0.1) is 6.42 Å². The summed E-state index contributed by atoms with van der Waals surface area (Å²) in [6.07, 6.45) is 4.41. The first-order valence-corrected chi connectivity index (χ1v) is 11.4. The standard InChI is InChI=1S/C29H32N2O2/c1-22-8-6-7-9-25(22)18-19-31-29(33)21-24-14-12-23(13-15-24)20-27(16-17-28(32)30-2)26-10-4-3-5-11-26/h3-15,20H,16-19,21H2,1-2H3,(H,30,32)(H,31,33)/b27-20+. The number of amides is 2. The van der Waals surface area contributed by atoms with Gasteiger partial charge in [0.15, 0.2) is 0 Å². The van der Waals surface area contributed by atoms with E-state index in [1.807, 2.05) is 54.6 Å². The Labute approximate surface area is 196 Å². The molecule has 0 aliphatic heterocycles. The largest absolute Gasteiger partial charge is 0.359 e. The molecular weight excluding hydrogens is 408 g/mol. The highest BCUT2D eigenvalue weighted by molar-refractivity contribution is 5.85. The highest BCUT2D eigenvalue weighted by Gasteiger charge is 2.07. The molecule has 0 radical (unpaired) electrons. The highest BCUT2D eigenvalue weighted by Crippen LogP contribution is 2.23. The van der Waals surface area contributed by atoms with Gasteiger partial charge in [0.1, 0.15) is 0 Å². The smallest absolute Gasteiger partial charge is 0.224 e. The minimum absolute atomic E-state index is 0.0283. The van der Waals surface area contributed by atoms with Gasteiger partial charge in [0.25, 0.3) is 0 Å². The van der Waals surface area contributed by atoms with E-state index in [0.717, 1.165) is 28.7 Å². The van der Waals surface area contributed by atoms with Crippen LogP contribution < -0.4 is 10.6 Å². The molecule has 0 fully saturated rings. The highest BCUT2D eigenvalue weighted by atomic mass is 16.2. The number of rotatable bonds is 10. The summed E-state index contributed by atoms with van der Waals surface area (Å²) in [5.41, 5.74) is 6.77. The van der Waals surface area contributed by atoms with Crippen LogP contribution in [0.2, 0.25) is 0 Å². The third kappa shape index (κ3) is 7.76. The van der Waals surface area contributed by atoms with Crippen LogP contribution in [0.25, 0.3) is 11.6 Å². The predicted molar refractivity (Wildman–Crippen MR) is 136 cm³/mol. The zero-order valence-electron chi connectivity index (χ0n) is 19.4. The maximum absolute atomic E-state index is 12.4. The van der Waals surface area contributed by atoms with E-state index in [0.29, 0.717) is 25.8 Å². The molecule has 0 unspecified atom stereocenters. The Morgan fingerprint density at radius 3 is 2.21 bits per heavy atom. The van der Waals surface area contributed by atoms with Gasteiger partial charge in [0.2, 0.25) is 11.8 Å². The second kappa shape index (κ2) is 12.4. The lowest BCUT2D eigenvalue weighted by Gasteiger charge is -2.09. The third-order valence-electron chi connectivity index (χ3n) is 5.71. The average molecular weight is 441 g/mol. The molecule has 33 heavy (non-hydrogen) atoms. The fraction of sp³-hybridized carbons (Fsp3) is 0.241. The number of benzene rings is 3. The van der Waals surface area contributed by atoms with Gasteiger partial charge < -0.3 is 10.6 Å². The molecule has 4 nitrogen and oxygen atoms in total. The Kier molecular flexibility index (Phi) is 9.01. The number of nitrogens with one attached hydrogen (secondary N) is 2. The summed E-state index contributed by atoms with van der Waals surface area (Å²) in [5.74, 6) is 0.0584. The summed E-state index contributed by atoms with van der Waals surface area (Å²) in [6, 6.07) is 26.4. The molecule has 4 heteroatoms. The molecule has 0 spiro atoms. The van der Waals surface area contributed by atoms with Gasteiger partial charge in [-0.3, -0.25) is 9.59 Å². The number of hydrogen-bond donors (Lipinski definition) is 2. The Morgan fingerprint density at radius 1 is 0.818 bits per heavy atom. The van der Waals surface area contributed by atoms with Gasteiger partial charge in [-0.2, -0.15) is 0 Å². The Morgan fingerprint density at radius 2 is 1.52 bits per heavy atom. The van der Waals surface area contributed by atoms with Gasteiger partial charge in [-0.25, -0.2) is 0 Å². The van der Waals surface area contributed by atoms with Crippen molar-refractivity contribution in [2.45, 2.75) is 32.6 Å². The fourth-order valence-corrected chi connectivity index (χ4v) is 3.73. The topological polar surface area (TPSA) is 58.2 Å². The van der Waals surface area contributed by atoms with Crippen LogP contribution in [-0.2, 0) is 22.4 Å². The minimum Gasteiger partial charge on any atom is -0.359 e. The predicted octanol–water partition coefficient (Wildman–Crippen LogP) is 4.96. The maximum atomic E-state index is 12.4. The summed E-state index contributed by atoms with van der Waals surface area (Å²) in [7, 11) is 1.66. The first-order valence-electron chi connectivity index (χ1n) is 11.4. The van der Waals surface area contributed by atoms with E-state index >= 15 is 0 Å². The number of aryl methyl sites for hydroxylation is 1. The van der Waals surface area contributed by atoms with Crippen LogP contribution in [0.1, 0.15) is 40.7 Å². The summed E-state index contributed by atoms with van der Waals surface area (Å²) in [4.78, 5) is 24.1. The van der Waals surface area contributed by atoms with Crippen LogP contribution in [-0.4, -0.2) is 25.4 Å². The van der Waals surface area contributed by atoms with E-state index in [-0.39, 0.29) is 11.8 Å². The Bertz CT molecular complexity index is 1090. The van der Waals surface area contributed by atoms with Gasteiger partial charge in [0, 0.05) is 20.0 Å². The fourth-order valence-electron chi connectivity index (χ4n) is 3.73. The lowest BCUT2D eigenvalue weighted by molar-refractivity contribution is -0.121. The monoisotopic (exact) mass is 440 g/mol. The van der Waals surface area contributed by atoms with E-state index in [4.69, 9.17) is 0 Å². The molecule has 0 aliphatic rings. The van der Waals surface area contributed by atoms with Crippen molar-refractivity contribution in [1.29, 1.82) is 0 Å². The van der Waals surface area contributed by atoms with Crippen LogP contribution in [0.3, 0.4) is 0 Å². The van der Waals surface area contributed by atoms with Crippen LogP contribution in [0.4, 0.5) is 0 Å². The zero-order valence-corrected chi connectivity index (χ0v) is 19.4. The SMILES string of the molecule is CNC(=O)CC/C(=C\c1ccc(CC(=O)NCCc2ccccc2C)cc1)c1ccccc1. The molecule has 0 bridgehead atoms. The van der Waals surface area contributed by atoms with E-state index in [2.05, 4.69) is 47.9 Å². The van der Waals surface area contributed by atoms with Crippen LogP contribution in [0.5, 0.6) is 0 Å². The van der Waals surface area contributed by atoms with Gasteiger partial charge >= 0.3 is 0 Å². The molecule has 0 aromatic heterocycles. The van der Waals surface area contributed by atoms with Crippen molar-refractivity contribution < 1.29 is 9.59 Å². The summed E-state index contributed by atoms with van der Waals surface area (Å²) < 4.78 is 0. The molecule has 2 amide bonds. The van der Waals surface area contributed by atoms with Crippen molar-refractivity contribution in [2.75, 3.05) is 13.6 Å². The van der Waals surface area contributed by atoms with Crippen LogP contribution in [0, 0.1) is 6.92 Å². The number of carbonyl (C=O) groups excluding carboxylic acids is 2. The zero-order chi connectivity index (χ0) is 23.5. The van der Waals surface area contributed by atoms with Crippen molar-refractivity contribution >= 4 is 23.5 Å². The molecule has 3 aromatic rings. The Balaban J connectivity index is 1.59. The third-order valence-corrected chi connectivity index (χ3v) is 5.71. The van der Waals surface area contributed by atoms with Gasteiger partial charge in [-0.05, 0) is 53.2 Å². The molecular formula is C29H32N2O2. The van der Waals surface area contributed by atoms with Crippen molar-refractivity contribution in [3.8, 4) is 0 Å². The lowest BCUT2D eigenvalue weighted by Crippen LogP contribution is -2.27. The summed E-state index contributed by atoms with van der Waals surface area (Å²) in [6.45, 7) is 2.73. The first-order chi connectivity index (χ1) is 16.0. The molecule has 0 aliphatic carbocycles. The molecule has 2 N–H and O–H groups in total. The molecule has 0 heterocycles. The minimum atomic E-state index is 0.0283. The van der Waals surface area contributed by atoms with E-state index in [9.17, 15) is 9.59 Å². The lowest BCUT2D eigenvalue weighted by atomic mass is 9.97. The van der Waals surface area contributed by atoms with Crippen molar-refractivity contribution in [1.82, 2.24) is 10.6 Å². The summed E-state index contributed by atoms with van der Waals surface area (Å²) in [5, 5.41) is 5.70. The van der Waals surface area contributed by atoms with E-state index < -0.39 is 0 Å². The molecule has 3 aromatic carbocycles. The second-order valence-electron chi connectivity index (χ2n) is 8.15. The Hall–Kier alpha value is -3.66. The van der Waals surface area contributed by atoms with Crippen LogP contribution >= 0.6 is 0 Å². The second-order valence-corrected chi connectivity index (χ2v) is 8.15. The van der Waals surface area contributed by atoms with Gasteiger partial charge in [-0.1, -0.05) is 84.9 Å². The molecule has 0 atom stereocenters. The maximum Gasteiger partial charge on any atom is 0.224 e. The molecule has 0 saturated carbocycles. The first kappa shape index (κ1) is 24.0. The van der Waals surface area contributed by atoms with Crippen molar-refractivity contribution in [3.05, 3.63) is 107 Å². The van der Waals surface area contributed by atoms with Crippen molar-refractivity contribution in [3.63, 3.8) is 0 Å². The number of allylic oxidation sites excluding steroid dienone is 1.